The van der Waals surface area contributed by atoms with Crippen LogP contribution in [0.15, 0.2) is 36.5 Å². The quantitative estimate of drug-likeness (QED) is 0.929. The van der Waals surface area contributed by atoms with E-state index in [1.807, 2.05) is 18.2 Å². The predicted octanol–water partition coefficient (Wildman–Crippen LogP) is 3.01. The average molecular weight is 272 g/mol. The van der Waals surface area contributed by atoms with Gasteiger partial charge in [0, 0.05) is 24.8 Å². The second kappa shape index (κ2) is 5.59. The van der Waals surface area contributed by atoms with Gasteiger partial charge in [0.15, 0.2) is 0 Å². The summed E-state index contributed by atoms with van der Waals surface area (Å²) in [4.78, 5) is 4.18. The van der Waals surface area contributed by atoms with Crippen molar-refractivity contribution in [2.45, 2.75) is 25.4 Å². The Morgan fingerprint density at radius 2 is 2.25 bits per heavy atom. The van der Waals surface area contributed by atoms with Gasteiger partial charge in [0.1, 0.15) is 5.82 Å². The molecule has 3 nitrogen and oxygen atoms in total. The Kier molecular flexibility index (Phi) is 3.65. The van der Waals surface area contributed by atoms with Gasteiger partial charge in [0.25, 0.3) is 0 Å². The van der Waals surface area contributed by atoms with E-state index < -0.39 is 0 Å². The van der Waals surface area contributed by atoms with Crippen LogP contribution in [0.25, 0.3) is 0 Å². The van der Waals surface area contributed by atoms with E-state index in [1.165, 1.54) is 6.07 Å². The highest BCUT2D eigenvalue weighted by molar-refractivity contribution is 5.35. The number of nitrogens with zero attached hydrogens (tertiary/aromatic N) is 1. The molecule has 0 spiro atoms. The third kappa shape index (κ3) is 2.51. The molecule has 4 heteroatoms. The van der Waals surface area contributed by atoms with Gasteiger partial charge in [-0.05, 0) is 35.6 Å². The first-order valence-electron chi connectivity index (χ1n) is 6.77. The average Bonchev–Trinajstić information content (AvgIpc) is 2.90. The Bertz CT molecular complexity index is 598. The maximum absolute atomic E-state index is 13.7. The summed E-state index contributed by atoms with van der Waals surface area (Å²) in [6.07, 6.45) is 3.55. The lowest BCUT2D eigenvalue weighted by molar-refractivity contribution is 0.397. The van der Waals surface area contributed by atoms with Gasteiger partial charge in [-0.15, -0.1) is 0 Å². The third-order valence-corrected chi connectivity index (χ3v) is 3.77. The lowest BCUT2D eigenvalue weighted by Crippen LogP contribution is -2.18. The third-order valence-electron chi connectivity index (χ3n) is 3.77. The normalized spacial score (nSPS) is 17.0. The summed E-state index contributed by atoms with van der Waals surface area (Å²) in [6, 6.07) is 9.38. The van der Waals surface area contributed by atoms with Crippen LogP contribution in [0, 0.1) is 5.82 Å². The molecule has 0 radical (unpaired) electrons. The van der Waals surface area contributed by atoms with Crippen molar-refractivity contribution >= 4 is 0 Å². The summed E-state index contributed by atoms with van der Waals surface area (Å²) < 4.78 is 18.7. The molecule has 3 rings (SSSR count). The van der Waals surface area contributed by atoms with Gasteiger partial charge in [0.05, 0.1) is 7.11 Å². The Morgan fingerprint density at radius 1 is 1.35 bits per heavy atom. The zero-order chi connectivity index (χ0) is 13.9. The fourth-order valence-corrected chi connectivity index (χ4v) is 2.70. The minimum absolute atomic E-state index is 0.0853. The van der Waals surface area contributed by atoms with Crippen molar-refractivity contribution in [3.8, 4) is 5.88 Å². The van der Waals surface area contributed by atoms with Crippen LogP contribution in [0.4, 0.5) is 4.39 Å². The van der Waals surface area contributed by atoms with E-state index in [4.69, 9.17) is 4.74 Å². The van der Waals surface area contributed by atoms with Gasteiger partial charge >= 0.3 is 0 Å². The second-order valence-corrected chi connectivity index (χ2v) is 4.99. The molecule has 1 atom stereocenters. The first kappa shape index (κ1) is 13.1. The van der Waals surface area contributed by atoms with Crippen LogP contribution < -0.4 is 10.1 Å². The minimum atomic E-state index is -0.0853. The molecule has 0 amide bonds. The molecule has 0 bridgehead atoms. The molecular formula is C16H17FN2O. The number of halogens is 1. The molecule has 2 aromatic rings. The summed E-state index contributed by atoms with van der Waals surface area (Å²) in [7, 11) is 1.60. The molecule has 20 heavy (non-hydrogen) atoms. The van der Waals surface area contributed by atoms with Crippen molar-refractivity contribution in [3.05, 3.63) is 59.0 Å². The number of benzene rings is 1. The highest BCUT2D eigenvalue weighted by atomic mass is 19.1. The van der Waals surface area contributed by atoms with Crippen LogP contribution in [-0.2, 0) is 13.0 Å². The lowest BCUT2D eigenvalue weighted by Gasteiger charge is -2.14. The van der Waals surface area contributed by atoms with Crippen molar-refractivity contribution in [2.75, 3.05) is 7.11 Å². The zero-order valence-corrected chi connectivity index (χ0v) is 11.4. The lowest BCUT2D eigenvalue weighted by atomic mass is 10.1. The van der Waals surface area contributed by atoms with Crippen molar-refractivity contribution in [3.63, 3.8) is 0 Å². The van der Waals surface area contributed by atoms with Gasteiger partial charge in [-0.2, -0.15) is 0 Å². The van der Waals surface area contributed by atoms with Crippen molar-refractivity contribution < 1.29 is 9.13 Å². The molecule has 1 aromatic carbocycles. The van der Waals surface area contributed by atoms with Gasteiger partial charge in [-0.25, -0.2) is 9.37 Å². The van der Waals surface area contributed by atoms with Gasteiger partial charge < -0.3 is 10.1 Å². The molecule has 0 saturated carbocycles. The topological polar surface area (TPSA) is 34.1 Å². The summed E-state index contributed by atoms with van der Waals surface area (Å²) in [5.41, 5.74) is 3.04. The van der Waals surface area contributed by atoms with Crippen molar-refractivity contribution in [2.24, 2.45) is 0 Å². The number of nitrogens with one attached hydrogen (secondary N) is 1. The number of aromatic nitrogens is 1. The van der Waals surface area contributed by atoms with Crippen LogP contribution in [0.2, 0.25) is 0 Å². The van der Waals surface area contributed by atoms with Crippen LogP contribution in [0.3, 0.4) is 0 Å². The Balaban J connectivity index is 1.67. The number of pyridine rings is 1. The van der Waals surface area contributed by atoms with E-state index in [2.05, 4.69) is 10.3 Å². The largest absolute Gasteiger partial charge is 0.481 e. The molecule has 1 heterocycles. The smallest absolute Gasteiger partial charge is 0.212 e. The van der Waals surface area contributed by atoms with E-state index in [0.29, 0.717) is 5.88 Å². The number of fused-ring (bicyclic) bond motifs is 1. The van der Waals surface area contributed by atoms with E-state index in [9.17, 15) is 4.39 Å². The number of ether oxygens (including phenoxy) is 1. The molecule has 0 fully saturated rings. The maximum Gasteiger partial charge on any atom is 0.212 e. The van der Waals surface area contributed by atoms with E-state index >= 15 is 0 Å². The molecule has 1 aliphatic carbocycles. The number of methoxy groups -OCH3 is 1. The van der Waals surface area contributed by atoms with Crippen LogP contribution in [-0.4, -0.2) is 12.1 Å². The second-order valence-electron chi connectivity index (χ2n) is 4.99. The highest BCUT2D eigenvalue weighted by Crippen LogP contribution is 2.32. The van der Waals surface area contributed by atoms with Crippen molar-refractivity contribution in [1.29, 1.82) is 0 Å². The Hall–Kier alpha value is -1.94. The summed E-state index contributed by atoms with van der Waals surface area (Å²) >= 11 is 0. The summed E-state index contributed by atoms with van der Waals surface area (Å²) in [5.74, 6) is 0.528. The Labute approximate surface area is 117 Å². The van der Waals surface area contributed by atoms with E-state index in [0.717, 1.165) is 36.1 Å². The SMILES string of the molecule is COc1ccc(CNC2CCc3c(F)cccc32)cn1. The number of rotatable bonds is 4. The van der Waals surface area contributed by atoms with Gasteiger partial charge in [0.2, 0.25) is 5.88 Å². The molecule has 1 aromatic heterocycles. The fourth-order valence-electron chi connectivity index (χ4n) is 2.70. The molecule has 0 saturated heterocycles. The van der Waals surface area contributed by atoms with Gasteiger partial charge in [-0.3, -0.25) is 0 Å². The first-order chi connectivity index (χ1) is 9.78. The molecule has 1 unspecified atom stereocenters. The predicted molar refractivity (Wildman–Crippen MR) is 75.1 cm³/mol. The maximum atomic E-state index is 13.7. The van der Waals surface area contributed by atoms with E-state index in [-0.39, 0.29) is 11.9 Å². The zero-order valence-electron chi connectivity index (χ0n) is 11.4. The number of hydrogen-bond acceptors (Lipinski definition) is 3. The number of hydrogen-bond donors (Lipinski definition) is 1. The Morgan fingerprint density at radius 3 is 3.00 bits per heavy atom. The fraction of sp³-hybridized carbons (Fsp3) is 0.312. The molecule has 104 valence electrons. The summed E-state index contributed by atoms with van der Waals surface area (Å²) in [6.45, 7) is 0.720. The monoisotopic (exact) mass is 272 g/mol. The summed E-state index contributed by atoms with van der Waals surface area (Å²) in [5, 5.41) is 3.47. The molecular weight excluding hydrogens is 255 g/mol. The van der Waals surface area contributed by atoms with Crippen molar-refractivity contribution in [1.82, 2.24) is 10.3 Å². The van der Waals surface area contributed by atoms with Crippen LogP contribution in [0.5, 0.6) is 5.88 Å². The van der Waals surface area contributed by atoms with Crippen LogP contribution in [0.1, 0.15) is 29.2 Å². The minimum Gasteiger partial charge on any atom is -0.481 e. The highest BCUT2D eigenvalue weighted by Gasteiger charge is 2.24. The standard InChI is InChI=1S/C16H17FN2O/c1-20-16-8-5-11(10-19-16)9-18-15-7-6-12-13(15)3-2-4-14(12)17/h2-5,8,10,15,18H,6-7,9H2,1H3. The van der Waals surface area contributed by atoms with Crippen LogP contribution >= 0.6 is 0 Å². The molecule has 1 aliphatic rings. The first-order valence-corrected chi connectivity index (χ1v) is 6.77. The van der Waals surface area contributed by atoms with E-state index in [1.54, 1.807) is 19.4 Å². The van der Waals surface area contributed by atoms with Gasteiger partial charge in [-0.1, -0.05) is 18.2 Å². The molecule has 1 N–H and O–H groups in total. The molecule has 0 aliphatic heterocycles.